The second kappa shape index (κ2) is 5.34. The number of ether oxygens (including phenoxy) is 1. The number of halogens is 2. The molecule has 0 radical (unpaired) electrons. The van der Waals surface area contributed by atoms with Crippen molar-refractivity contribution in [2.45, 2.75) is 0 Å². The van der Waals surface area contributed by atoms with E-state index in [0.29, 0.717) is 15.9 Å². The summed E-state index contributed by atoms with van der Waals surface area (Å²) in [7, 11) is 3.18. The SMILES string of the molecule is COc1ccc(-c2nn(C)c(C(=O)O)c2Br)cc1Br. The van der Waals surface area contributed by atoms with Crippen molar-refractivity contribution in [3.05, 3.63) is 32.8 Å². The van der Waals surface area contributed by atoms with E-state index in [0.717, 1.165) is 10.0 Å². The van der Waals surface area contributed by atoms with Gasteiger partial charge in [-0.2, -0.15) is 5.10 Å². The highest BCUT2D eigenvalue weighted by atomic mass is 79.9. The van der Waals surface area contributed by atoms with Gasteiger partial charge in [-0.3, -0.25) is 4.68 Å². The third-order valence-electron chi connectivity index (χ3n) is 2.62. The Bertz CT molecular complexity index is 653. The summed E-state index contributed by atoms with van der Waals surface area (Å²) in [5, 5.41) is 13.3. The van der Waals surface area contributed by atoms with Crippen LogP contribution >= 0.6 is 31.9 Å². The van der Waals surface area contributed by atoms with Crippen LogP contribution in [-0.2, 0) is 7.05 Å². The Balaban J connectivity index is 2.57. The van der Waals surface area contributed by atoms with Gasteiger partial charge in [-0.05, 0) is 50.1 Å². The van der Waals surface area contributed by atoms with E-state index in [1.807, 2.05) is 12.1 Å². The maximum absolute atomic E-state index is 11.1. The monoisotopic (exact) mass is 388 g/mol. The maximum Gasteiger partial charge on any atom is 0.355 e. The zero-order chi connectivity index (χ0) is 14.2. The Morgan fingerprint density at radius 2 is 2.11 bits per heavy atom. The number of aromatic carboxylic acids is 1. The van der Waals surface area contributed by atoms with E-state index in [4.69, 9.17) is 9.84 Å². The van der Waals surface area contributed by atoms with Crippen LogP contribution in [0.25, 0.3) is 11.3 Å². The van der Waals surface area contributed by atoms with E-state index in [2.05, 4.69) is 37.0 Å². The van der Waals surface area contributed by atoms with Gasteiger partial charge in [-0.1, -0.05) is 0 Å². The molecule has 0 bridgehead atoms. The van der Waals surface area contributed by atoms with E-state index >= 15 is 0 Å². The number of carboxylic acids is 1. The molecule has 100 valence electrons. The summed E-state index contributed by atoms with van der Waals surface area (Å²) in [6.45, 7) is 0. The van der Waals surface area contributed by atoms with E-state index in [1.54, 1.807) is 20.2 Å². The number of nitrogens with zero attached hydrogens (tertiary/aromatic N) is 2. The Morgan fingerprint density at radius 3 is 2.58 bits per heavy atom. The van der Waals surface area contributed by atoms with Crippen molar-refractivity contribution < 1.29 is 14.6 Å². The van der Waals surface area contributed by atoms with Crippen molar-refractivity contribution in [3.63, 3.8) is 0 Å². The molecule has 0 aliphatic heterocycles. The summed E-state index contributed by atoms with van der Waals surface area (Å²) in [5.74, 6) is -0.324. The van der Waals surface area contributed by atoms with Gasteiger partial charge in [-0.25, -0.2) is 4.79 Å². The molecule has 2 rings (SSSR count). The quantitative estimate of drug-likeness (QED) is 0.874. The molecule has 2 aromatic rings. The van der Waals surface area contributed by atoms with Crippen molar-refractivity contribution >= 4 is 37.8 Å². The van der Waals surface area contributed by atoms with Gasteiger partial charge in [-0.15, -0.1) is 0 Å². The number of aromatic nitrogens is 2. The fraction of sp³-hybridized carbons (Fsp3) is 0.167. The van der Waals surface area contributed by atoms with Gasteiger partial charge in [0.25, 0.3) is 0 Å². The summed E-state index contributed by atoms with van der Waals surface area (Å²) in [5.41, 5.74) is 1.48. The zero-order valence-corrected chi connectivity index (χ0v) is 13.3. The van der Waals surface area contributed by atoms with Crippen LogP contribution in [0.5, 0.6) is 5.75 Å². The fourth-order valence-corrected chi connectivity index (χ4v) is 3.00. The number of hydrogen-bond acceptors (Lipinski definition) is 3. The van der Waals surface area contributed by atoms with Gasteiger partial charge in [0.05, 0.1) is 16.1 Å². The molecule has 0 aliphatic carbocycles. The second-order valence-electron chi connectivity index (χ2n) is 3.79. The molecule has 0 fully saturated rings. The van der Waals surface area contributed by atoms with E-state index in [9.17, 15) is 4.79 Å². The van der Waals surface area contributed by atoms with Crippen molar-refractivity contribution in [2.75, 3.05) is 7.11 Å². The van der Waals surface area contributed by atoms with Crippen LogP contribution in [0, 0.1) is 0 Å². The van der Waals surface area contributed by atoms with Crippen LogP contribution in [0.4, 0.5) is 0 Å². The molecular formula is C12H10Br2N2O3. The number of carbonyl (C=O) groups is 1. The minimum Gasteiger partial charge on any atom is -0.496 e. The third-order valence-corrected chi connectivity index (χ3v) is 3.99. The highest BCUT2D eigenvalue weighted by molar-refractivity contribution is 9.11. The van der Waals surface area contributed by atoms with Gasteiger partial charge in [0.2, 0.25) is 0 Å². The molecule has 0 amide bonds. The molecule has 1 aromatic carbocycles. The minimum absolute atomic E-state index is 0.113. The van der Waals surface area contributed by atoms with E-state index < -0.39 is 5.97 Å². The smallest absolute Gasteiger partial charge is 0.355 e. The predicted molar refractivity (Wildman–Crippen MR) is 77.6 cm³/mol. The number of rotatable bonds is 3. The van der Waals surface area contributed by atoms with Crippen LogP contribution in [0.3, 0.4) is 0 Å². The first-order valence-electron chi connectivity index (χ1n) is 5.25. The summed E-state index contributed by atoms with van der Waals surface area (Å²) < 4.78 is 7.73. The molecule has 0 aliphatic rings. The Kier molecular flexibility index (Phi) is 3.96. The van der Waals surface area contributed by atoms with Gasteiger partial charge < -0.3 is 9.84 Å². The van der Waals surface area contributed by atoms with Crippen LogP contribution < -0.4 is 4.74 Å². The first kappa shape index (κ1) is 14.1. The Labute approximate surface area is 126 Å². The summed E-state index contributed by atoms with van der Waals surface area (Å²) in [6, 6.07) is 5.45. The molecule has 0 atom stereocenters. The summed E-state index contributed by atoms with van der Waals surface area (Å²) in [4.78, 5) is 11.1. The molecule has 1 aromatic heterocycles. The fourth-order valence-electron chi connectivity index (χ4n) is 1.73. The molecule has 1 heterocycles. The number of benzene rings is 1. The van der Waals surface area contributed by atoms with E-state index in [1.165, 1.54) is 4.68 Å². The lowest BCUT2D eigenvalue weighted by molar-refractivity contribution is 0.0684. The van der Waals surface area contributed by atoms with Crippen molar-refractivity contribution in [3.8, 4) is 17.0 Å². The number of aryl methyl sites for hydroxylation is 1. The van der Waals surface area contributed by atoms with Gasteiger partial charge >= 0.3 is 5.97 Å². The largest absolute Gasteiger partial charge is 0.496 e. The minimum atomic E-state index is -1.03. The van der Waals surface area contributed by atoms with Gasteiger partial charge in [0, 0.05) is 12.6 Å². The van der Waals surface area contributed by atoms with Gasteiger partial charge in [0.1, 0.15) is 11.4 Å². The number of carboxylic acid groups (broad SMARTS) is 1. The highest BCUT2D eigenvalue weighted by Gasteiger charge is 2.21. The lowest BCUT2D eigenvalue weighted by atomic mass is 10.1. The average molecular weight is 390 g/mol. The third kappa shape index (κ3) is 2.52. The molecule has 0 spiro atoms. The van der Waals surface area contributed by atoms with Gasteiger partial charge in [0.15, 0.2) is 5.69 Å². The molecule has 5 nitrogen and oxygen atoms in total. The molecular weight excluding hydrogens is 380 g/mol. The van der Waals surface area contributed by atoms with Crippen molar-refractivity contribution in [2.24, 2.45) is 7.05 Å². The van der Waals surface area contributed by atoms with Crippen LogP contribution in [0.1, 0.15) is 10.5 Å². The predicted octanol–water partition coefficient (Wildman–Crippen LogP) is 3.32. The second-order valence-corrected chi connectivity index (χ2v) is 5.44. The number of methoxy groups -OCH3 is 1. The van der Waals surface area contributed by atoms with Crippen molar-refractivity contribution in [1.82, 2.24) is 9.78 Å². The Hall–Kier alpha value is -1.34. The van der Waals surface area contributed by atoms with Crippen LogP contribution in [-0.4, -0.2) is 28.0 Å². The number of hydrogen-bond donors (Lipinski definition) is 1. The lowest BCUT2D eigenvalue weighted by Gasteiger charge is -2.04. The van der Waals surface area contributed by atoms with Crippen LogP contribution in [0.15, 0.2) is 27.1 Å². The van der Waals surface area contributed by atoms with Crippen molar-refractivity contribution in [1.29, 1.82) is 0 Å². The summed E-state index contributed by atoms with van der Waals surface area (Å²) >= 11 is 6.68. The molecule has 0 saturated carbocycles. The standard InChI is InChI=1S/C12H10Br2N2O3/c1-16-11(12(17)18)9(14)10(15-16)6-3-4-8(19-2)7(13)5-6/h3-5H,1-2H3,(H,17,18). The van der Waals surface area contributed by atoms with E-state index in [-0.39, 0.29) is 5.69 Å². The summed E-state index contributed by atoms with van der Waals surface area (Å²) in [6.07, 6.45) is 0. The average Bonchev–Trinajstić information content (AvgIpc) is 2.64. The molecule has 0 saturated heterocycles. The molecule has 7 heteroatoms. The molecule has 19 heavy (non-hydrogen) atoms. The van der Waals surface area contributed by atoms with Crippen LogP contribution in [0.2, 0.25) is 0 Å². The maximum atomic E-state index is 11.1. The lowest BCUT2D eigenvalue weighted by Crippen LogP contribution is -2.05. The molecule has 0 unspecified atom stereocenters. The first-order chi connectivity index (χ1) is 8.95. The normalized spacial score (nSPS) is 10.5. The first-order valence-corrected chi connectivity index (χ1v) is 6.84. The zero-order valence-electron chi connectivity index (χ0n) is 10.1. The Morgan fingerprint density at radius 1 is 1.42 bits per heavy atom. The topological polar surface area (TPSA) is 64.4 Å². The molecule has 1 N–H and O–H groups in total. The highest BCUT2D eigenvalue weighted by Crippen LogP contribution is 2.34.